The van der Waals surface area contributed by atoms with Crippen LogP contribution in [-0.2, 0) is 11.2 Å². The smallest absolute Gasteiger partial charge is 0.0795 e. The Hall–Kier alpha value is -0.970. The second-order valence-corrected chi connectivity index (χ2v) is 4.32. The highest BCUT2D eigenvalue weighted by atomic mass is 16.5. The maximum absolute atomic E-state index is 5.70. The SMILES string of the molecule is CCOC(C)(C)C(Cc1ccncc1)NN. The molecule has 1 heterocycles. The number of pyridine rings is 1. The molecule has 0 aliphatic rings. The van der Waals surface area contributed by atoms with Crippen molar-refractivity contribution in [2.45, 2.75) is 38.8 Å². The third-order valence-electron chi connectivity index (χ3n) is 2.75. The molecule has 0 spiro atoms. The van der Waals surface area contributed by atoms with Gasteiger partial charge in [0.05, 0.1) is 11.6 Å². The van der Waals surface area contributed by atoms with E-state index >= 15 is 0 Å². The first-order valence-corrected chi connectivity index (χ1v) is 5.59. The van der Waals surface area contributed by atoms with Gasteiger partial charge in [-0.1, -0.05) is 0 Å². The number of nitrogens with two attached hydrogens (primary N) is 1. The fraction of sp³-hybridized carbons (Fsp3) is 0.583. The molecule has 0 aliphatic carbocycles. The summed E-state index contributed by atoms with van der Waals surface area (Å²) >= 11 is 0. The molecule has 3 N–H and O–H groups in total. The summed E-state index contributed by atoms with van der Waals surface area (Å²) in [5, 5.41) is 0. The molecule has 4 nitrogen and oxygen atoms in total. The summed E-state index contributed by atoms with van der Waals surface area (Å²) in [4.78, 5) is 3.99. The van der Waals surface area contributed by atoms with Crippen molar-refractivity contribution in [1.82, 2.24) is 10.4 Å². The van der Waals surface area contributed by atoms with E-state index in [2.05, 4.69) is 10.4 Å². The van der Waals surface area contributed by atoms with Crippen molar-refractivity contribution in [2.75, 3.05) is 6.61 Å². The third-order valence-corrected chi connectivity index (χ3v) is 2.75. The lowest BCUT2D eigenvalue weighted by molar-refractivity contribution is -0.0380. The summed E-state index contributed by atoms with van der Waals surface area (Å²) in [6.07, 6.45) is 4.40. The number of hydrogen-bond donors (Lipinski definition) is 2. The van der Waals surface area contributed by atoms with E-state index in [1.54, 1.807) is 12.4 Å². The van der Waals surface area contributed by atoms with E-state index in [9.17, 15) is 0 Å². The highest BCUT2D eigenvalue weighted by Crippen LogP contribution is 2.18. The Balaban J connectivity index is 2.69. The van der Waals surface area contributed by atoms with Crippen LogP contribution in [0.3, 0.4) is 0 Å². The van der Waals surface area contributed by atoms with Gasteiger partial charge in [-0.2, -0.15) is 0 Å². The first kappa shape index (κ1) is 13.1. The number of rotatable bonds is 6. The van der Waals surface area contributed by atoms with E-state index in [1.165, 1.54) is 5.56 Å². The number of hydrogen-bond acceptors (Lipinski definition) is 4. The lowest BCUT2D eigenvalue weighted by Gasteiger charge is -2.33. The van der Waals surface area contributed by atoms with Crippen LogP contribution in [0.4, 0.5) is 0 Å². The van der Waals surface area contributed by atoms with E-state index in [1.807, 2.05) is 32.9 Å². The van der Waals surface area contributed by atoms with Crippen molar-refractivity contribution in [3.8, 4) is 0 Å². The van der Waals surface area contributed by atoms with Gasteiger partial charge in [0.15, 0.2) is 0 Å². The molecule has 0 amide bonds. The molecule has 0 bridgehead atoms. The Morgan fingerprint density at radius 1 is 1.44 bits per heavy atom. The third kappa shape index (κ3) is 3.56. The molecule has 4 heteroatoms. The van der Waals surface area contributed by atoms with Crippen molar-refractivity contribution in [2.24, 2.45) is 5.84 Å². The molecule has 1 rings (SSSR count). The summed E-state index contributed by atoms with van der Waals surface area (Å²) < 4.78 is 5.70. The minimum absolute atomic E-state index is 0.0786. The summed E-state index contributed by atoms with van der Waals surface area (Å²) in [5.74, 6) is 5.59. The van der Waals surface area contributed by atoms with Gasteiger partial charge in [-0.3, -0.25) is 16.3 Å². The number of ether oxygens (including phenoxy) is 1. The van der Waals surface area contributed by atoms with Gasteiger partial charge in [-0.15, -0.1) is 0 Å². The molecular weight excluding hydrogens is 202 g/mol. The first-order valence-electron chi connectivity index (χ1n) is 5.59. The van der Waals surface area contributed by atoms with Crippen molar-refractivity contribution in [3.63, 3.8) is 0 Å². The number of aromatic nitrogens is 1. The number of nitrogens with zero attached hydrogens (tertiary/aromatic N) is 1. The van der Waals surface area contributed by atoms with E-state index in [0.717, 1.165) is 6.42 Å². The molecule has 0 aliphatic heterocycles. The van der Waals surface area contributed by atoms with Crippen molar-refractivity contribution in [3.05, 3.63) is 30.1 Å². The van der Waals surface area contributed by atoms with E-state index in [0.29, 0.717) is 6.61 Å². The summed E-state index contributed by atoms with van der Waals surface area (Å²) in [5.41, 5.74) is 3.75. The largest absolute Gasteiger partial charge is 0.374 e. The predicted octanol–water partition coefficient (Wildman–Crippen LogP) is 1.27. The number of nitrogens with one attached hydrogen (secondary N) is 1. The molecule has 1 aromatic rings. The van der Waals surface area contributed by atoms with Gasteiger partial charge in [0.2, 0.25) is 0 Å². The Kier molecular flexibility index (Phi) is 4.86. The van der Waals surface area contributed by atoms with Gasteiger partial charge in [-0.25, -0.2) is 0 Å². The van der Waals surface area contributed by atoms with Gasteiger partial charge in [0.1, 0.15) is 0 Å². The molecule has 16 heavy (non-hydrogen) atoms. The summed E-state index contributed by atoms with van der Waals surface area (Å²) in [7, 11) is 0. The zero-order valence-electron chi connectivity index (χ0n) is 10.2. The molecule has 1 aromatic heterocycles. The van der Waals surface area contributed by atoms with Gasteiger partial charge in [0.25, 0.3) is 0 Å². The average molecular weight is 223 g/mol. The van der Waals surface area contributed by atoms with Crippen LogP contribution in [0.25, 0.3) is 0 Å². The van der Waals surface area contributed by atoms with Crippen LogP contribution in [-0.4, -0.2) is 23.2 Å². The monoisotopic (exact) mass is 223 g/mol. The second-order valence-electron chi connectivity index (χ2n) is 4.32. The van der Waals surface area contributed by atoms with Crippen LogP contribution in [0.1, 0.15) is 26.3 Å². The lowest BCUT2D eigenvalue weighted by Crippen LogP contribution is -2.52. The molecule has 0 aromatic carbocycles. The predicted molar refractivity (Wildman–Crippen MR) is 64.8 cm³/mol. The molecular formula is C12H21N3O. The van der Waals surface area contributed by atoms with Gasteiger partial charge < -0.3 is 4.74 Å². The highest BCUT2D eigenvalue weighted by Gasteiger charge is 2.29. The van der Waals surface area contributed by atoms with Crippen LogP contribution in [0, 0.1) is 0 Å². The Bertz CT molecular complexity index is 300. The van der Waals surface area contributed by atoms with Gasteiger partial charge >= 0.3 is 0 Å². The summed E-state index contributed by atoms with van der Waals surface area (Å²) in [6.45, 7) is 6.76. The molecule has 0 fully saturated rings. The van der Waals surface area contributed by atoms with Gasteiger partial charge in [-0.05, 0) is 44.9 Å². The zero-order chi connectivity index (χ0) is 12.0. The topological polar surface area (TPSA) is 60.2 Å². The normalized spacial score (nSPS) is 13.8. The van der Waals surface area contributed by atoms with E-state index in [-0.39, 0.29) is 11.6 Å². The van der Waals surface area contributed by atoms with Crippen LogP contribution in [0.5, 0.6) is 0 Å². The van der Waals surface area contributed by atoms with Crippen molar-refractivity contribution < 1.29 is 4.74 Å². The Labute approximate surface area is 97.2 Å². The van der Waals surface area contributed by atoms with Crippen LogP contribution < -0.4 is 11.3 Å². The average Bonchev–Trinajstić information content (AvgIpc) is 2.27. The quantitative estimate of drug-likeness (QED) is 0.563. The van der Waals surface area contributed by atoms with Gasteiger partial charge in [0, 0.05) is 19.0 Å². The van der Waals surface area contributed by atoms with E-state index in [4.69, 9.17) is 10.6 Å². The minimum Gasteiger partial charge on any atom is -0.374 e. The maximum atomic E-state index is 5.70. The maximum Gasteiger partial charge on any atom is 0.0795 e. The number of hydrazine groups is 1. The van der Waals surface area contributed by atoms with Crippen molar-refractivity contribution >= 4 is 0 Å². The Morgan fingerprint density at radius 2 is 2.06 bits per heavy atom. The molecule has 0 saturated heterocycles. The summed E-state index contributed by atoms with van der Waals surface area (Å²) in [6, 6.07) is 4.06. The Morgan fingerprint density at radius 3 is 2.56 bits per heavy atom. The fourth-order valence-electron chi connectivity index (χ4n) is 1.73. The second kappa shape index (κ2) is 5.94. The van der Waals surface area contributed by atoms with E-state index < -0.39 is 0 Å². The zero-order valence-corrected chi connectivity index (χ0v) is 10.2. The highest BCUT2D eigenvalue weighted by molar-refractivity contribution is 5.12. The molecule has 0 radical (unpaired) electrons. The lowest BCUT2D eigenvalue weighted by atomic mass is 9.93. The molecule has 1 unspecified atom stereocenters. The fourth-order valence-corrected chi connectivity index (χ4v) is 1.73. The molecule has 90 valence electrons. The standard InChI is InChI=1S/C12H21N3O/c1-4-16-12(2,3)11(15-13)9-10-5-7-14-8-6-10/h5-8,11,15H,4,9,13H2,1-3H3. The molecule has 0 saturated carbocycles. The van der Waals surface area contributed by atoms with Crippen LogP contribution >= 0.6 is 0 Å². The van der Waals surface area contributed by atoms with Crippen LogP contribution in [0.15, 0.2) is 24.5 Å². The van der Waals surface area contributed by atoms with Crippen LogP contribution in [0.2, 0.25) is 0 Å². The minimum atomic E-state index is -0.285. The first-order chi connectivity index (χ1) is 7.60. The van der Waals surface area contributed by atoms with Crippen molar-refractivity contribution in [1.29, 1.82) is 0 Å². The molecule has 1 atom stereocenters.